The van der Waals surface area contributed by atoms with E-state index in [-0.39, 0.29) is 17.1 Å². The van der Waals surface area contributed by atoms with Gasteiger partial charge in [0, 0.05) is 5.69 Å². The first-order valence-electron chi connectivity index (χ1n) is 9.79. The molecule has 31 heavy (non-hydrogen) atoms. The zero-order valence-electron chi connectivity index (χ0n) is 17.6. The molecule has 0 saturated heterocycles. The van der Waals surface area contributed by atoms with Crippen molar-refractivity contribution in [3.63, 3.8) is 0 Å². The third-order valence-corrected chi connectivity index (χ3v) is 4.71. The van der Waals surface area contributed by atoms with Gasteiger partial charge >= 0.3 is 5.97 Å². The van der Waals surface area contributed by atoms with Crippen LogP contribution >= 0.6 is 11.6 Å². The van der Waals surface area contributed by atoms with Crippen molar-refractivity contribution in [3.05, 3.63) is 89.2 Å². The number of rotatable bonds is 5. The molecule has 0 N–H and O–H groups in total. The molecule has 0 radical (unpaired) electrons. The largest absolute Gasteiger partial charge is 0.459 e. The first kappa shape index (κ1) is 22.5. The van der Waals surface area contributed by atoms with Gasteiger partial charge in [-0.25, -0.2) is 4.39 Å². The van der Waals surface area contributed by atoms with Gasteiger partial charge in [0.2, 0.25) is 0 Å². The van der Waals surface area contributed by atoms with Crippen LogP contribution in [0.4, 0.5) is 10.1 Å². The molecule has 0 aliphatic carbocycles. The Balaban J connectivity index is 2.04. The molecular weight excluding hydrogens is 417 g/mol. The van der Waals surface area contributed by atoms with Gasteiger partial charge in [-0.05, 0) is 56.2 Å². The molecule has 0 bridgehead atoms. The Kier molecular flexibility index (Phi) is 6.76. The SMILES string of the molecule is CC(C)(C)OC(=O)CN(C(=O)c1c(F)cccc1Cl)c1cccc(-c2ccccc2)c1. The topological polar surface area (TPSA) is 46.6 Å². The van der Waals surface area contributed by atoms with E-state index in [0.29, 0.717) is 5.69 Å². The predicted octanol–water partition coefficient (Wildman–Crippen LogP) is 6.13. The highest BCUT2D eigenvalue weighted by atomic mass is 35.5. The number of nitrogens with zero attached hydrogens (tertiary/aromatic N) is 1. The summed E-state index contributed by atoms with van der Waals surface area (Å²) >= 11 is 6.12. The van der Waals surface area contributed by atoms with Crippen molar-refractivity contribution in [1.82, 2.24) is 0 Å². The van der Waals surface area contributed by atoms with Crippen LogP contribution in [-0.4, -0.2) is 24.0 Å². The molecule has 3 aromatic rings. The Morgan fingerprint density at radius 1 is 0.935 bits per heavy atom. The summed E-state index contributed by atoms with van der Waals surface area (Å²) in [4.78, 5) is 27.1. The molecular formula is C25H23ClFNO3. The average molecular weight is 440 g/mol. The lowest BCUT2D eigenvalue weighted by atomic mass is 10.0. The summed E-state index contributed by atoms with van der Waals surface area (Å²) < 4.78 is 19.9. The van der Waals surface area contributed by atoms with E-state index in [1.165, 1.54) is 17.0 Å². The fourth-order valence-corrected chi connectivity index (χ4v) is 3.35. The van der Waals surface area contributed by atoms with Crippen LogP contribution in [0, 0.1) is 5.82 Å². The van der Waals surface area contributed by atoms with Gasteiger partial charge in [0.25, 0.3) is 5.91 Å². The Hall–Kier alpha value is -3.18. The normalized spacial score (nSPS) is 11.1. The summed E-state index contributed by atoms with van der Waals surface area (Å²) in [6.45, 7) is 4.82. The molecule has 0 unspecified atom stereocenters. The number of hydrogen-bond donors (Lipinski definition) is 0. The summed E-state index contributed by atoms with van der Waals surface area (Å²) in [6, 6.07) is 20.7. The van der Waals surface area contributed by atoms with E-state index in [0.717, 1.165) is 17.2 Å². The third-order valence-electron chi connectivity index (χ3n) is 4.39. The van der Waals surface area contributed by atoms with Crippen molar-refractivity contribution >= 4 is 29.2 Å². The van der Waals surface area contributed by atoms with Gasteiger partial charge in [-0.1, -0.05) is 60.1 Å². The lowest BCUT2D eigenvalue weighted by Gasteiger charge is -2.26. The van der Waals surface area contributed by atoms with Gasteiger partial charge in [-0.2, -0.15) is 0 Å². The number of anilines is 1. The monoisotopic (exact) mass is 439 g/mol. The second kappa shape index (κ2) is 9.31. The second-order valence-electron chi connectivity index (χ2n) is 7.99. The molecule has 0 spiro atoms. The maximum Gasteiger partial charge on any atom is 0.326 e. The van der Waals surface area contributed by atoms with Gasteiger partial charge in [0.1, 0.15) is 18.0 Å². The Labute approximate surface area is 186 Å². The average Bonchev–Trinajstić information content (AvgIpc) is 2.71. The molecule has 0 heterocycles. The van der Waals surface area contributed by atoms with Crippen molar-refractivity contribution in [2.75, 3.05) is 11.4 Å². The van der Waals surface area contributed by atoms with Crippen LogP contribution < -0.4 is 4.90 Å². The molecule has 0 aromatic heterocycles. The number of esters is 1. The molecule has 0 saturated carbocycles. The van der Waals surface area contributed by atoms with E-state index in [1.807, 2.05) is 36.4 Å². The number of amides is 1. The van der Waals surface area contributed by atoms with Crippen LogP contribution in [0.25, 0.3) is 11.1 Å². The lowest BCUT2D eigenvalue weighted by molar-refractivity contribution is -0.152. The van der Waals surface area contributed by atoms with E-state index in [1.54, 1.807) is 39.0 Å². The summed E-state index contributed by atoms with van der Waals surface area (Å²) in [5.41, 5.74) is 1.19. The van der Waals surface area contributed by atoms with Crippen LogP contribution in [-0.2, 0) is 9.53 Å². The van der Waals surface area contributed by atoms with Crippen molar-refractivity contribution in [3.8, 4) is 11.1 Å². The molecule has 6 heteroatoms. The van der Waals surface area contributed by atoms with Gasteiger partial charge < -0.3 is 4.74 Å². The number of halogens is 2. The third kappa shape index (κ3) is 5.70. The maximum absolute atomic E-state index is 14.5. The van der Waals surface area contributed by atoms with E-state index in [2.05, 4.69) is 0 Å². The van der Waals surface area contributed by atoms with Crippen molar-refractivity contribution in [2.45, 2.75) is 26.4 Å². The summed E-state index contributed by atoms with van der Waals surface area (Å²) in [7, 11) is 0. The molecule has 4 nitrogen and oxygen atoms in total. The van der Waals surface area contributed by atoms with E-state index < -0.39 is 23.3 Å². The zero-order valence-corrected chi connectivity index (χ0v) is 18.3. The first-order chi connectivity index (χ1) is 14.7. The number of ether oxygens (including phenoxy) is 1. The Morgan fingerprint density at radius 2 is 1.58 bits per heavy atom. The zero-order chi connectivity index (χ0) is 22.6. The van der Waals surface area contributed by atoms with Crippen LogP contribution in [0.1, 0.15) is 31.1 Å². The Morgan fingerprint density at radius 3 is 2.23 bits per heavy atom. The maximum atomic E-state index is 14.5. The van der Waals surface area contributed by atoms with Gasteiger partial charge in [0.05, 0.1) is 10.6 Å². The van der Waals surface area contributed by atoms with Gasteiger partial charge in [-0.15, -0.1) is 0 Å². The van der Waals surface area contributed by atoms with Gasteiger partial charge in [0.15, 0.2) is 0 Å². The summed E-state index contributed by atoms with van der Waals surface area (Å²) in [5.74, 6) is -2.09. The number of hydrogen-bond acceptors (Lipinski definition) is 3. The quantitative estimate of drug-likeness (QED) is 0.449. The smallest absolute Gasteiger partial charge is 0.326 e. The fraction of sp³-hybridized carbons (Fsp3) is 0.200. The van der Waals surface area contributed by atoms with Crippen LogP contribution in [0.2, 0.25) is 5.02 Å². The molecule has 0 fully saturated rings. The molecule has 1 amide bonds. The minimum atomic E-state index is -0.758. The van der Waals surface area contributed by atoms with Crippen molar-refractivity contribution < 1.29 is 18.7 Å². The Bertz CT molecular complexity index is 1070. The van der Waals surface area contributed by atoms with Crippen LogP contribution in [0.15, 0.2) is 72.8 Å². The van der Waals surface area contributed by atoms with Crippen molar-refractivity contribution in [1.29, 1.82) is 0 Å². The lowest BCUT2D eigenvalue weighted by Crippen LogP contribution is -2.39. The highest BCUT2D eigenvalue weighted by molar-refractivity contribution is 6.34. The van der Waals surface area contributed by atoms with Crippen LogP contribution in [0.5, 0.6) is 0 Å². The molecule has 0 aliphatic rings. The molecule has 0 atom stereocenters. The first-order valence-corrected chi connectivity index (χ1v) is 10.2. The highest BCUT2D eigenvalue weighted by Gasteiger charge is 2.28. The van der Waals surface area contributed by atoms with E-state index in [9.17, 15) is 14.0 Å². The molecule has 3 aromatic carbocycles. The molecule has 0 aliphatic heterocycles. The van der Waals surface area contributed by atoms with Gasteiger partial charge in [-0.3, -0.25) is 14.5 Å². The summed E-state index contributed by atoms with van der Waals surface area (Å²) in [5, 5.41) is -0.0293. The van der Waals surface area contributed by atoms with Crippen molar-refractivity contribution in [2.24, 2.45) is 0 Å². The minimum absolute atomic E-state index is 0.0293. The van der Waals surface area contributed by atoms with Crippen LogP contribution in [0.3, 0.4) is 0 Å². The summed E-state index contributed by atoms with van der Waals surface area (Å²) in [6.07, 6.45) is 0. The van der Waals surface area contributed by atoms with E-state index >= 15 is 0 Å². The molecule has 3 rings (SSSR count). The molecule has 160 valence electrons. The number of benzene rings is 3. The predicted molar refractivity (Wildman–Crippen MR) is 121 cm³/mol. The van der Waals surface area contributed by atoms with E-state index in [4.69, 9.17) is 16.3 Å². The fourth-order valence-electron chi connectivity index (χ4n) is 3.10. The number of carbonyl (C=O) groups excluding carboxylic acids is 2. The standard InChI is InChI=1S/C25H23ClFNO3/c1-25(2,3)31-22(29)16-28(24(30)23-20(26)13-8-14-21(23)27)19-12-7-11-18(15-19)17-9-5-4-6-10-17/h4-15H,16H2,1-3H3. The minimum Gasteiger partial charge on any atom is -0.459 e. The second-order valence-corrected chi connectivity index (χ2v) is 8.40. The number of carbonyl (C=O) groups is 2. The highest BCUT2D eigenvalue weighted by Crippen LogP contribution is 2.28.